The summed E-state index contributed by atoms with van der Waals surface area (Å²) >= 11 is 0. The number of aliphatic hydroxyl groups is 1. The van der Waals surface area contributed by atoms with Crippen molar-refractivity contribution in [1.82, 2.24) is 10.0 Å². The lowest BCUT2D eigenvalue weighted by atomic mass is 10.2. The number of aliphatic hydroxyl groups excluding tert-OH is 1. The Hall–Kier alpha value is -2.82. The first kappa shape index (κ1) is 20.9. The zero-order valence-electron chi connectivity index (χ0n) is 15.8. The Labute approximate surface area is 168 Å². The third kappa shape index (κ3) is 5.37. The number of hydrogen-bond acceptors (Lipinski definition) is 7. The SMILES string of the molecule is CCNS(=O)(=O)c1ccc(C(=O)NCC(O)COc2ccc3c(c2)OCO3)cc1. The van der Waals surface area contributed by atoms with Crippen LogP contribution >= 0.6 is 0 Å². The largest absolute Gasteiger partial charge is 0.491 e. The molecule has 1 unspecified atom stereocenters. The number of nitrogens with one attached hydrogen (secondary N) is 2. The first-order valence-electron chi connectivity index (χ1n) is 8.97. The topological polar surface area (TPSA) is 123 Å². The number of benzene rings is 2. The van der Waals surface area contributed by atoms with Gasteiger partial charge < -0.3 is 24.6 Å². The Balaban J connectivity index is 1.47. The molecule has 2 aromatic rings. The number of ether oxygens (including phenoxy) is 3. The van der Waals surface area contributed by atoms with E-state index in [0.717, 1.165) is 0 Å². The van der Waals surface area contributed by atoms with Crippen LogP contribution in [0.1, 0.15) is 17.3 Å². The molecule has 1 amide bonds. The van der Waals surface area contributed by atoms with Crippen LogP contribution in [0.25, 0.3) is 0 Å². The van der Waals surface area contributed by atoms with Gasteiger partial charge in [0.15, 0.2) is 11.5 Å². The van der Waals surface area contributed by atoms with Crippen molar-refractivity contribution in [3.8, 4) is 17.2 Å². The molecule has 0 fully saturated rings. The molecule has 0 saturated carbocycles. The molecular formula is C19H22N2O7S. The minimum atomic E-state index is -3.57. The number of sulfonamides is 1. The molecule has 0 aliphatic carbocycles. The first-order valence-corrected chi connectivity index (χ1v) is 10.5. The lowest BCUT2D eigenvalue weighted by Gasteiger charge is -2.14. The molecule has 3 N–H and O–H groups in total. The van der Waals surface area contributed by atoms with E-state index in [2.05, 4.69) is 10.0 Å². The third-order valence-electron chi connectivity index (χ3n) is 4.05. The molecule has 1 aliphatic rings. The molecule has 1 aliphatic heterocycles. The fourth-order valence-corrected chi connectivity index (χ4v) is 3.63. The standard InChI is InChI=1S/C19H22N2O7S/c1-2-21-29(24,25)16-6-3-13(4-7-16)19(23)20-10-14(22)11-26-15-5-8-17-18(9-15)28-12-27-17/h3-9,14,21-22H,2,10-12H2,1H3,(H,20,23). The fourth-order valence-electron chi connectivity index (χ4n) is 2.59. The van der Waals surface area contributed by atoms with E-state index in [0.29, 0.717) is 17.2 Å². The molecule has 156 valence electrons. The Morgan fingerprint density at radius 1 is 1.17 bits per heavy atom. The van der Waals surface area contributed by atoms with Gasteiger partial charge in [0.2, 0.25) is 16.8 Å². The van der Waals surface area contributed by atoms with Crippen LogP contribution in [0, 0.1) is 0 Å². The van der Waals surface area contributed by atoms with Crippen LogP contribution in [0.5, 0.6) is 17.2 Å². The number of fused-ring (bicyclic) bond motifs is 1. The normalized spacial score (nSPS) is 13.7. The predicted molar refractivity (Wildman–Crippen MR) is 104 cm³/mol. The minimum Gasteiger partial charge on any atom is -0.491 e. The molecule has 9 nitrogen and oxygen atoms in total. The van der Waals surface area contributed by atoms with Crippen molar-refractivity contribution in [1.29, 1.82) is 0 Å². The Kier molecular flexibility index (Phi) is 6.57. The third-order valence-corrected chi connectivity index (χ3v) is 5.61. The lowest BCUT2D eigenvalue weighted by molar-refractivity contribution is 0.0843. The van der Waals surface area contributed by atoms with Crippen molar-refractivity contribution in [2.45, 2.75) is 17.9 Å². The molecule has 29 heavy (non-hydrogen) atoms. The molecule has 1 heterocycles. The van der Waals surface area contributed by atoms with Crippen LogP contribution in [-0.2, 0) is 10.0 Å². The van der Waals surface area contributed by atoms with Gasteiger partial charge in [-0.15, -0.1) is 0 Å². The summed E-state index contributed by atoms with van der Waals surface area (Å²) in [5, 5.41) is 12.6. The van der Waals surface area contributed by atoms with Gasteiger partial charge >= 0.3 is 0 Å². The van der Waals surface area contributed by atoms with Crippen molar-refractivity contribution in [2.24, 2.45) is 0 Å². The van der Waals surface area contributed by atoms with Gasteiger partial charge in [-0.3, -0.25) is 4.79 Å². The second kappa shape index (κ2) is 9.12. The van der Waals surface area contributed by atoms with Gasteiger partial charge in [0, 0.05) is 24.7 Å². The highest BCUT2D eigenvalue weighted by molar-refractivity contribution is 7.89. The maximum absolute atomic E-state index is 12.2. The molecule has 0 bridgehead atoms. The lowest BCUT2D eigenvalue weighted by Crippen LogP contribution is -2.35. The molecule has 0 radical (unpaired) electrons. The van der Waals surface area contributed by atoms with Gasteiger partial charge in [-0.2, -0.15) is 0 Å². The van der Waals surface area contributed by atoms with Crippen LogP contribution in [0.3, 0.4) is 0 Å². The summed E-state index contributed by atoms with van der Waals surface area (Å²) in [4.78, 5) is 12.3. The van der Waals surface area contributed by atoms with Crippen LogP contribution in [-0.4, -0.2) is 52.0 Å². The van der Waals surface area contributed by atoms with Gasteiger partial charge in [0.25, 0.3) is 5.91 Å². The van der Waals surface area contributed by atoms with Crippen LogP contribution in [0.4, 0.5) is 0 Å². The monoisotopic (exact) mass is 422 g/mol. The highest BCUT2D eigenvalue weighted by Crippen LogP contribution is 2.35. The van der Waals surface area contributed by atoms with E-state index in [9.17, 15) is 18.3 Å². The molecule has 3 rings (SSSR count). The van der Waals surface area contributed by atoms with Gasteiger partial charge in [0.05, 0.1) is 4.90 Å². The second-order valence-electron chi connectivity index (χ2n) is 6.22. The van der Waals surface area contributed by atoms with Gasteiger partial charge in [-0.05, 0) is 36.4 Å². The van der Waals surface area contributed by atoms with Crippen molar-refractivity contribution in [3.05, 3.63) is 48.0 Å². The highest BCUT2D eigenvalue weighted by Gasteiger charge is 2.16. The maximum Gasteiger partial charge on any atom is 0.251 e. The van der Waals surface area contributed by atoms with E-state index >= 15 is 0 Å². The molecular weight excluding hydrogens is 400 g/mol. The van der Waals surface area contributed by atoms with Gasteiger partial charge in [-0.1, -0.05) is 6.92 Å². The summed E-state index contributed by atoms with van der Waals surface area (Å²) in [6, 6.07) is 10.6. The summed E-state index contributed by atoms with van der Waals surface area (Å²) in [7, 11) is -3.57. The quantitative estimate of drug-likeness (QED) is 0.548. The van der Waals surface area contributed by atoms with E-state index in [-0.39, 0.29) is 36.9 Å². The Bertz CT molecular complexity index is 961. The van der Waals surface area contributed by atoms with E-state index in [1.165, 1.54) is 24.3 Å². The summed E-state index contributed by atoms with van der Waals surface area (Å²) in [6.45, 7) is 2.06. The van der Waals surface area contributed by atoms with E-state index in [1.807, 2.05) is 0 Å². The average molecular weight is 422 g/mol. The van der Waals surface area contributed by atoms with Crippen molar-refractivity contribution in [2.75, 3.05) is 26.5 Å². The van der Waals surface area contributed by atoms with Crippen LogP contribution in [0.2, 0.25) is 0 Å². The molecule has 0 saturated heterocycles. The van der Waals surface area contributed by atoms with Crippen LogP contribution < -0.4 is 24.2 Å². The van der Waals surface area contributed by atoms with E-state index in [4.69, 9.17) is 14.2 Å². The smallest absolute Gasteiger partial charge is 0.251 e. The van der Waals surface area contributed by atoms with E-state index in [1.54, 1.807) is 25.1 Å². The molecule has 1 atom stereocenters. The summed E-state index contributed by atoms with van der Waals surface area (Å²) < 4.78 is 42.2. The van der Waals surface area contributed by atoms with E-state index < -0.39 is 22.0 Å². The van der Waals surface area contributed by atoms with Crippen LogP contribution in [0.15, 0.2) is 47.4 Å². The Morgan fingerprint density at radius 3 is 2.62 bits per heavy atom. The zero-order chi connectivity index (χ0) is 20.9. The van der Waals surface area contributed by atoms with Gasteiger partial charge in [-0.25, -0.2) is 13.1 Å². The summed E-state index contributed by atoms with van der Waals surface area (Å²) in [6.07, 6.45) is -0.933. The first-order chi connectivity index (χ1) is 13.9. The van der Waals surface area contributed by atoms with Gasteiger partial charge in [0.1, 0.15) is 18.5 Å². The predicted octanol–water partition coefficient (Wildman–Crippen LogP) is 0.883. The maximum atomic E-state index is 12.2. The molecule has 0 spiro atoms. The van der Waals surface area contributed by atoms with Crippen molar-refractivity contribution >= 4 is 15.9 Å². The minimum absolute atomic E-state index is 0.0270. The molecule has 0 aromatic heterocycles. The second-order valence-corrected chi connectivity index (χ2v) is 7.98. The Morgan fingerprint density at radius 2 is 1.90 bits per heavy atom. The summed E-state index contributed by atoms with van der Waals surface area (Å²) in [5.74, 6) is 1.29. The highest BCUT2D eigenvalue weighted by atomic mass is 32.2. The fraction of sp³-hybridized carbons (Fsp3) is 0.316. The average Bonchev–Trinajstić information content (AvgIpc) is 3.18. The molecule has 2 aromatic carbocycles. The number of rotatable bonds is 9. The number of hydrogen-bond donors (Lipinski definition) is 3. The van der Waals surface area contributed by atoms with Crippen molar-refractivity contribution in [3.63, 3.8) is 0 Å². The van der Waals surface area contributed by atoms with Crippen molar-refractivity contribution < 1.29 is 32.5 Å². The number of carbonyl (C=O) groups excluding carboxylic acids is 1. The molecule has 10 heteroatoms. The number of carbonyl (C=O) groups is 1. The zero-order valence-corrected chi connectivity index (χ0v) is 16.6. The number of amides is 1. The summed E-state index contributed by atoms with van der Waals surface area (Å²) in [5.41, 5.74) is 0.282.